The first-order chi connectivity index (χ1) is 33.5. The van der Waals surface area contributed by atoms with Gasteiger partial charge in [-0.05, 0) is 96.3 Å². The van der Waals surface area contributed by atoms with E-state index >= 15 is 0 Å². The standard InChI is InChI=1S/C62H102O6/c1-4-7-10-13-16-19-22-25-27-29-30-31-32-34-35-37-40-43-46-49-52-55-61(64)67-58-59(57-66-60(63)54-51-48-45-42-39-24-21-18-15-12-9-6-3)68-62(65)56-53-50-47-44-41-38-36-33-28-26-23-20-17-14-11-8-5-2/h7-8,10-11,16-17,19-20,25-28,30-31,36,38,44,47,59H,4-6,9,12-15,18,21-24,29,32-35,37,39-43,45-46,48-58H2,1-3H3/b10-7-,11-8-,19-16-,20-17-,27-25-,28-26-,31-30-,38-36-,47-44-. The third-order valence-corrected chi connectivity index (χ3v) is 11.5. The van der Waals surface area contributed by atoms with Crippen molar-refractivity contribution in [3.8, 4) is 0 Å². The number of hydrogen-bond acceptors (Lipinski definition) is 6. The Morgan fingerprint density at radius 1 is 0.309 bits per heavy atom. The van der Waals surface area contributed by atoms with E-state index in [4.69, 9.17) is 14.2 Å². The van der Waals surface area contributed by atoms with Gasteiger partial charge in [-0.15, -0.1) is 0 Å². The molecule has 0 aromatic carbocycles. The van der Waals surface area contributed by atoms with E-state index in [2.05, 4.69) is 130 Å². The van der Waals surface area contributed by atoms with Crippen LogP contribution in [0.4, 0.5) is 0 Å². The molecule has 0 spiro atoms. The van der Waals surface area contributed by atoms with Crippen LogP contribution in [-0.4, -0.2) is 37.2 Å². The molecule has 0 radical (unpaired) electrons. The summed E-state index contributed by atoms with van der Waals surface area (Å²) in [5.74, 6) is -0.970. The van der Waals surface area contributed by atoms with E-state index < -0.39 is 6.10 Å². The van der Waals surface area contributed by atoms with E-state index in [0.29, 0.717) is 19.3 Å². The molecular weight excluding hydrogens is 841 g/mol. The highest BCUT2D eigenvalue weighted by Gasteiger charge is 2.19. The summed E-state index contributed by atoms with van der Waals surface area (Å²) in [7, 11) is 0. The van der Waals surface area contributed by atoms with Crippen molar-refractivity contribution in [2.75, 3.05) is 13.2 Å². The molecule has 1 unspecified atom stereocenters. The van der Waals surface area contributed by atoms with Crippen molar-refractivity contribution < 1.29 is 28.6 Å². The van der Waals surface area contributed by atoms with Crippen molar-refractivity contribution in [3.05, 3.63) is 109 Å². The molecule has 386 valence electrons. The maximum Gasteiger partial charge on any atom is 0.306 e. The summed E-state index contributed by atoms with van der Waals surface area (Å²) >= 11 is 0. The number of rotatable bonds is 49. The van der Waals surface area contributed by atoms with Crippen LogP contribution in [0.2, 0.25) is 0 Å². The second-order valence-electron chi connectivity index (χ2n) is 18.1. The average molecular weight is 943 g/mol. The van der Waals surface area contributed by atoms with Gasteiger partial charge in [-0.2, -0.15) is 0 Å². The van der Waals surface area contributed by atoms with Crippen LogP contribution < -0.4 is 0 Å². The van der Waals surface area contributed by atoms with E-state index in [9.17, 15) is 14.4 Å². The quantitative estimate of drug-likeness (QED) is 0.0262. The zero-order valence-electron chi connectivity index (χ0n) is 44.1. The fraction of sp³-hybridized carbons (Fsp3) is 0.661. The van der Waals surface area contributed by atoms with E-state index in [1.165, 1.54) is 89.9 Å². The topological polar surface area (TPSA) is 78.9 Å². The van der Waals surface area contributed by atoms with Crippen LogP contribution in [0.5, 0.6) is 0 Å². The van der Waals surface area contributed by atoms with Crippen molar-refractivity contribution >= 4 is 17.9 Å². The van der Waals surface area contributed by atoms with E-state index in [0.717, 1.165) is 109 Å². The van der Waals surface area contributed by atoms with Gasteiger partial charge in [0.1, 0.15) is 13.2 Å². The fourth-order valence-corrected chi connectivity index (χ4v) is 7.41. The van der Waals surface area contributed by atoms with Crippen LogP contribution in [0.1, 0.15) is 245 Å². The SMILES string of the molecule is CC/C=C\C/C=C\C/C=C\C/C=C\C/C=C\CCCC(=O)OC(COC(=O)CCCCCCCCCC/C=C\C/C=C\C/C=C\C/C=C\CC)COC(=O)CCCCCCCCCCCCCC. The van der Waals surface area contributed by atoms with E-state index in [1.807, 2.05) is 0 Å². The number of ether oxygens (including phenoxy) is 3. The molecule has 1 atom stereocenters. The second kappa shape index (κ2) is 55.7. The summed E-state index contributed by atoms with van der Waals surface area (Å²) in [6.07, 6.45) is 75.1. The van der Waals surface area contributed by atoms with Gasteiger partial charge < -0.3 is 14.2 Å². The minimum atomic E-state index is -0.811. The Bertz CT molecular complexity index is 1410. The monoisotopic (exact) mass is 943 g/mol. The van der Waals surface area contributed by atoms with Gasteiger partial charge in [0, 0.05) is 19.3 Å². The first kappa shape index (κ1) is 64.1. The van der Waals surface area contributed by atoms with Crippen LogP contribution in [0.25, 0.3) is 0 Å². The van der Waals surface area contributed by atoms with Crippen molar-refractivity contribution in [2.45, 2.75) is 252 Å². The fourth-order valence-electron chi connectivity index (χ4n) is 7.41. The molecule has 0 aliphatic carbocycles. The van der Waals surface area contributed by atoms with Gasteiger partial charge >= 0.3 is 17.9 Å². The average Bonchev–Trinajstić information content (AvgIpc) is 3.34. The molecule has 0 aromatic heterocycles. The number of allylic oxidation sites excluding steroid dienone is 18. The summed E-state index contributed by atoms with van der Waals surface area (Å²) < 4.78 is 16.8. The number of hydrogen-bond donors (Lipinski definition) is 0. The van der Waals surface area contributed by atoms with Gasteiger partial charge in [-0.25, -0.2) is 0 Å². The van der Waals surface area contributed by atoms with Crippen molar-refractivity contribution in [3.63, 3.8) is 0 Å². The summed E-state index contributed by atoms with van der Waals surface area (Å²) in [5.41, 5.74) is 0. The Balaban J connectivity index is 4.45. The Hall–Kier alpha value is -3.93. The molecular formula is C62H102O6. The Morgan fingerprint density at radius 3 is 0.941 bits per heavy atom. The largest absolute Gasteiger partial charge is 0.462 e. The Kier molecular flexibility index (Phi) is 52.4. The van der Waals surface area contributed by atoms with E-state index in [-0.39, 0.29) is 37.5 Å². The molecule has 0 rings (SSSR count). The molecule has 0 saturated carbocycles. The van der Waals surface area contributed by atoms with Crippen LogP contribution >= 0.6 is 0 Å². The summed E-state index contributed by atoms with van der Waals surface area (Å²) in [6.45, 7) is 6.36. The number of carbonyl (C=O) groups is 3. The van der Waals surface area contributed by atoms with Crippen molar-refractivity contribution in [2.24, 2.45) is 0 Å². The Labute approximate surface area is 419 Å². The van der Waals surface area contributed by atoms with Crippen LogP contribution in [0.3, 0.4) is 0 Å². The number of unbranched alkanes of at least 4 members (excludes halogenated alkanes) is 20. The predicted molar refractivity (Wildman–Crippen MR) is 293 cm³/mol. The zero-order chi connectivity index (χ0) is 49.3. The molecule has 0 bridgehead atoms. The highest BCUT2D eigenvalue weighted by Crippen LogP contribution is 2.15. The zero-order valence-corrected chi connectivity index (χ0v) is 44.1. The first-order valence-electron chi connectivity index (χ1n) is 27.9. The molecule has 68 heavy (non-hydrogen) atoms. The van der Waals surface area contributed by atoms with Crippen LogP contribution in [0.15, 0.2) is 109 Å². The van der Waals surface area contributed by atoms with Crippen molar-refractivity contribution in [1.29, 1.82) is 0 Å². The molecule has 6 heteroatoms. The van der Waals surface area contributed by atoms with Crippen molar-refractivity contribution in [1.82, 2.24) is 0 Å². The third-order valence-electron chi connectivity index (χ3n) is 11.5. The van der Waals surface area contributed by atoms with Gasteiger partial charge in [0.05, 0.1) is 0 Å². The first-order valence-corrected chi connectivity index (χ1v) is 27.9. The molecule has 0 saturated heterocycles. The predicted octanol–water partition coefficient (Wildman–Crippen LogP) is 18.7. The molecule has 6 nitrogen and oxygen atoms in total. The smallest absolute Gasteiger partial charge is 0.306 e. The van der Waals surface area contributed by atoms with Gasteiger partial charge in [0.2, 0.25) is 0 Å². The number of esters is 3. The van der Waals surface area contributed by atoms with Gasteiger partial charge in [-0.3, -0.25) is 14.4 Å². The Morgan fingerprint density at radius 2 is 0.588 bits per heavy atom. The van der Waals surface area contributed by atoms with Crippen LogP contribution in [0, 0.1) is 0 Å². The maximum atomic E-state index is 12.8. The summed E-state index contributed by atoms with van der Waals surface area (Å²) in [4.78, 5) is 38.1. The van der Waals surface area contributed by atoms with Gasteiger partial charge in [-0.1, -0.05) is 239 Å². The molecule has 0 fully saturated rings. The van der Waals surface area contributed by atoms with Crippen LogP contribution in [-0.2, 0) is 28.6 Å². The summed E-state index contributed by atoms with van der Waals surface area (Å²) in [5, 5.41) is 0. The lowest BCUT2D eigenvalue weighted by Gasteiger charge is -2.18. The molecule has 0 aliphatic heterocycles. The molecule has 0 aliphatic rings. The lowest BCUT2D eigenvalue weighted by atomic mass is 10.0. The van der Waals surface area contributed by atoms with Gasteiger partial charge in [0.25, 0.3) is 0 Å². The molecule has 0 amide bonds. The van der Waals surface area contributed by atoms with E-state index in [1.54, 1.807) is 0 Å². The highest BCUT2D eigenvalue weighted by molar-refractivity contribution is 5.71. The molecule has 0 heterocycles. The normalized spacial score (nSPS) is 12.9. The molecule has 0 N–H and O–H groups in total. The summed E-state index contributed by atoms with van der Waals surface area (Å²) in [6, 6.07) is 0. The minimum Gasteiger partial charge on any atom is -0.462 e. The maximum absolute atomic E-state index is 12.8. The highest BCUT2D eigenvalue weighted by atomic mass is 16.6. The molecule has 0 aromatic rings. The third kappa shape index (κ3) is 53.0. The van der Waals surface area contributed by atoms with Gasteiger partial charge in [0.15, 0.2) is 6.10 Å². The lowest BCUT2D eigenvalue weighted by molar-refractivity contribution is -0.167. The second-order valence-corrected chi connectivity index (χ2v) is 18.1. The number of carbonyl (C=O) groups excluding carboxylic acids is 3. The lowest BCUT2D eigenvalue weighted by Crippen LogP contribution is -2.30. The minimum absolute atomic E-state index is 0.103.